The molecule has 11 heavy (non-hydrogen) atoms. The molecule has 2 N–H and O–H groups in total. The molecule has 0 aromatic carbocycles. The van der Waals surface area contributed by atoms with Crippen LogP contribution in [0.25, 0.3) is 0 Å². The van der Waals surface area contributed by atoms with E-state index in [1.807, 2.05) is 0 Å². The Balaban J connectivity index is 3.26. The minimum Gasteiger partial charge on any atom is -0.475 e. The van der Waals surface area contributed by atoms with E-state index in [0.29, 0.717) is 3.57 Å². The summed E-state index contributed by atoms with van der Waals surface area (Å²) in [6.07, 6.45) is 1.21. The number of H-pyrrole nitrogens is 1. The number of hydrogen-bond donors (Lipinski definition) is 2. The number of halogens is 1. The lowest BCUT2D eigenvalue weighted by atomic mass is 10.5. The molecule has 1 aromatic rings. The maximum atomic E-state index is 10.8. The fraction of sp³-hybridized carbons (Fsp3) is 0. The van der Waals surface area contributed by atoms with Crippen LogP contribution in [0.1, 0.15) is 10.6 Å². The first-order chi connectivity index (χ1) is 5.11. The fourth-order valence-electron chi connectivity index (χ4n) is 0.488. The predicted molar refractivity (Wildman–Crippen MR) is 44.5 cm³/mol. The Morgan fingerprint density at radius 1 is 1.73 bits per heavy atom. The lowest BCUT2D eigenvalue weighted by Gasteiger charge is -1.91. The van der Waals surface area contributed by atoms with Crippen molar-refractivity contribution < 1.29 is 9.90 Å². The summed E-state index contributed by atoms with van der Waals surface area (Å²) in [6, 6.07) is 0. The van der Waals surface area contributed by atoms with Gasteiger partial charge >= 0.3 is 5.97 Å². The second kappa shape index (κ2) is 2.99. The van der Waals surface area contributed by atoms with Crippen LogP contribution in [-0.4, -0.2) is 21.0 Å². The Labute approximate surface area is 74.6 Å². The highest BCUT2D eigenvalue weighted by atomic mass is 127. The van der Waals surface area contributed by atoms with E-state index >= 15 is 0 Å². The third-order valence-corrected chi connectivity index (χ3v) is 1.73. The largest absolute Gasteiger partial charge is 0.475 e. The molecular weight excluding hydrogens is 263 g/mol. The minimum absolute atomic E-state index is 0.338. The lowest BCUT2D eigenvalue weighted by Crippen LogP contribution is -2.16. The van der Waals surface area contributed by atoms with E-state index in [2.05, 4.69) is 9.97 Å². The molecule has 0 fully saturated rings. The average Bonchev–Trinajstić information content (AvgIpc) is 1.94. The van der Waals surface area contributed by atoms with Gasteiger partial charge in [-0.05, 0) is 22.6 Å². The predicted octanol–water partition coefficient (Wildman–Crippen LogP) is 0.0727. The van der Waals surface area contributed by atoms with Crippen LogP contribution in [0.2, 0.25) is 0 Å². The van der Waals surface area contributed by atoms with Gasteiger partial charge in [0.05, 0.1) is 3.57 Å². The molecule has 0 aliphatic heterocycles. The van der Waals surface area contributed by atoms with Gasteiger partial charge < -0.3 is 5.11 Å². The van der Waals surface area contributed by atoms with Gasteiger partial charge in [0.1, 0.15) is 0 Å². The Hall–Kier alpha value is -0.920. The molecule has 58 valence electrons. The number of rotatable bonds is 1. The van der Waals surface area contributed by atoms with Gasteiger partial charge in [0.15, 0.2) is 0 Å². The number of aromatic amines is 1. The number of aromatic nitrogens is 2. The van der Waals surface area contributed by atoms with Crippen molar-refractivity contribution >= 4 is 28.6 Å². The SMILES string of the molecule is O=C(O)c1ncc(I)c(=O)[nH]1. The molecular formula is C5H3IN2O3. The van der Waals surface area contributed by atoms with Gasteiger partial charge in [-0.25, -0.2) is 9.78 Å². The first kappa shape index (κ1) is 8.18. The number of aromatic carboxylic acids is 1. The molecule has 0 atom stereocenters. The van der Waals surface area contributed by atoms with Crippen LogP contribution in [0.4, 0.5) is 0 Å². The monoisotopic (exact) mass is 266 g/mol. The molecule has 6 heteroatoms. The third kappa shape index (κ3) is 1.76. The minimum atomic E-state index is -1.24. The Kier molecular flexibility index (Phi) is 2.22. The van der Waals surface area contributed by atoms with Gasteiger partial charge in [-0.1, -0.05) is 0 Å². The molecule has 0 saturated carbocycles. The van der Waals surface area contributed by atoms with Crippen molar-refractivity contribution in [3.05, 3.63) is 25.9 Å². The summed E-state index contributed by atoms with van der Waals surface area (Å²) in [4.78, 5) is 26.6. The molecule has 0 saturated heterocycles. The van der Waals surface area contributed by atoms with Crippen molar-refractivity contribution in [3.8, 4) is 0 Å². The van der Waals surface area contributed by atoms with E-state index < -0.39 is 11.5 Å². The van der Waals surface area contributed by atoms with Gasteiger partial charge in [0.2, 0.25) is 5.82 Å². The standard InChI is InChI=1S/C5H3IN2O3/c6-2-1-7-3(5(10)11)8-4(2)9/h1H,(H,10,11)(H,7,8,9). The smallest absolute Gasteiger partial charge is 0.372 e. The summed E-state index contributed by atoms with van der Waals surface area (Å²) >= 11 is 1.77. The molecule has 5 nitrogen and oxygen atoms in total. The maximum Gasteiger partial charge on any atom is 0.372 e. The van der Waals surface area contributed by atoms with E-state index in [4.69, 9.17) is 5.11 Å². The van der Waals surface area contributed by atoms with Crippen molar-refractivity contribution in [1.29, 1.82) is 0 Å². The zero-order chi connectivity index (χ0) is 8.43. The van der Waals surface area contributed by atoms with E-state index in [1.54, 1.807) is 22.6 Å². The van der Waals surface area contributed by atoms with Crippen LogP contribution in [0, 0.1) is 3.57 Å². The number of nitrogens with zero attached hydrogens (tertiary/aromatic N) is 1. The second-order valence-corrected chi connectivity index (χ2v) is 2.88. The molecule has 0 bridgehead atoms. The first-order valence-electron chi connectivity index (χ1n) is 2.59. The highest BCUT2D eigenvalue weighted by Gasteiger charge is 2.05. The Bertz CT molecular complexity index is 346. The average molecular weight is 266 g/mol. The van der Waals surface area contributed by atoms with Crippen LogP contribution >= 0.6 is 22.6 Å². The zero-order valence-corrected chi connectivity index (χ0v) is 7.32. The number of nitrogens with one attached hydrogen (secondary N) is 1. The molecule has 0 radical (unpaired) electrons. The Morgan fingerprint density at radius 2 is 2.36 bits per heavy atom. The topological polar surface area (TPSA) is 83.0 Å². The van der Waals surface area contributed by atoms with E-state index in [9.17, 15) is 9.59 Å². The molecule has 1 heterocycles. The highest BCUT2D eigenvalue weighted by molar-refractivity contribution is 14.1. The van der Waals surface area contributed by atoms with Crippen molar-refractivity contribution in [1.82, 2.24) is 9.97 Å². The molecule has 0 aliphatic carbocycles. The Morgan fingerprint density at radius 3 is 2.82 bits per heavy atom. The molecule has 0 spiro atoms. The van der Waals surface area contributed by atoms with Gasteiger partial charge in [0, 0.05) is 6.20 Å². The summed E-state index contributed by atoms with van der Waals surface area (Å²) in [7, 11) is 0. The summed E-state index contributed by atoms with van der Waals surface area (Å²) < 4.78 is 0.368. The molecule has 0 unspecified atom stereocenters. The molecule has 1 rings (SSSR count). The van der Waals surface area contributed by atoms with Gasteiger partial charge in [-0.2, -0.15) is 0 Å². The van der Waals surface area contributed by atoms with Crippen molar-refractivity contribution in [2.75, 3.05) is 0 Å². The second-order valence-electron chi connectivity index (χ2n) is 1.71. The quantitative estimate of drug-likeness (QED) is 0.705. The van der Waals surface area contributed by atoms with Gasteiger partial charge in [0.25, 0.3) is 5.56 Å². The van der Waals surface area contributed by atoms with Crippen LogP contribution in [0.15, 0.2) is 11.0 Å². The zero-order valence-electron chi connectivity index (χ0n) is 5.17. The maximum absolute atomic E-state index is 10.8. The molecule has 1 aromatic heterocycles. The number of carboxylic acid groups (broad SMARTS) is 1. The fourth-order valence-corrected chi connectivity index (χ4v) is 0.762. The van der Waals surface area contributed by atoms with Gasteiger partial charge in [-0.15, -0.1) is 0 Å². The number of carboxylic acids is 1. The van der Waals surface area contributed by atoms with E-state index in [1.165, 1.54) is 6.20 Å². The summed E-state index contributed by atoms with van der Waals surface area (Å²) in [5, 5.41) is 8.37. The number of carbonyl (C=O) groups is 1. The van der Waals surface area contributed by atoms with Crippen LogP contribution < -0.4 is 5.56 Å². The van der Waals surface area contributed by atoms with Crippen molar-refractivity contribution in [2.45, 2.75) is 0 Å². The summed E-state index contributed by atoms with van der Waals surface area (Å²) in [5.41, 5.74) is -0.432. The van der Waals surface area contributed by atoms with Crippen molar-refractivity contribution in [2.24, 2.45) is 0 Å². The normalized spacial score (nSPS) is 9.55. The summed E-state index contributed by atoms with van der Waals surface area (Å²) in [5.74, 6) is -1.58. The van der Waals surface area contributed by atoms with E-state index in [-0.39, 0.29) is 5.82 Å². The highest BCUT2D eigenvalue weighted by Crippen LogP contribution is 1.93. The number of hydrogen-bond acceptors (Lipinski definition) is 3. The first-order valence-corrected chi connectivity index (χ1v) is 3.67. The van der Waals surface area contributed by atoms with Gasteiger partial charge in [-0.3, -0.25) is 9.78 Å². The van der Waals surface area contributed by atoms with Crippen LogP contribution in [0.5, 0.6) is 0 Å². The summed E-state index contributed by atoms with van der Waals surface area (Å²) in [6.45, 7) is 0. The van der Waals surface area contributed by atoms with Crippen LogP contribution in [-0.2, 0) is 0 Å². The third-order valence-electron chi connectivity index (χ3n) is 0.958. The molecule has 0 aliphatic rings. The lowest BCUT2D eigenvalue weighted by molar-refractivity contribution is 0.0683. The van der Waals surface area contributed by atoms with Crippen LogP contribution in [0.3, 0.4) is 0 Å². The molecule has 0 amide bonds. The van der Waals surface area contributed by atoms with Crippen molar-refractivity contribution in [3.63, 3.8) is 0 Å². The van der Waals surface area contributed by atoms with E-state index in [0.717, 1.165) is 0 Å².